The number of carbonyl (C=O) groups excluding carboxylic acids is 1. The van der Waals surface area contributed by atoms with Crippen molar-refractivity contribution in [1.29, 1.82) is 0 Å². The SMILES string of the molecule is Cc1ccc(OCNC(=O)NCc2cccnc2)c(C)c1. The molecule has 0 aliphatic carbocycles. The first kappa shape index (κ1) is 14.8. The van der Waals surface area contributed by atoms with E-state index in [1.165, 1.54) is 5.56 Å². The van der Waals surface area contributed by atoms with Crippen molar-refractivity contribution in [2.24, 2.45) is 0 Å². The van der Waals surface area contributed by atoms with Crippen molar-refractivity contribution in [2.75, 3.05) is 6.73 Å². The van der Waals surface area contributed by atoms with Crippen LogP contribution < -0.4 is 15.4 Å². The maximum Gasteiger partial charge on any atom is 0.317 e. The summed E-state index contributed by atoms with van der Waals surface area (Å²) >= 11 is 0. The molecule has 0 fully saturated rings. The Labute approximate surface area is 124 Å². The molecule has 2 amide bonds. The minimum atomic E-state index is -0.274. The number of nitrogens with one attached hydrogen (secondary N) is 2. The van der Waals surface area contributed by atoms with Crippen LogP contribution in [0.25, 0.3) is 0 Å². The molecule has 5 nitrogen and oxygen atoms in total. The number of rotatable bonds is 5. The van der Waals surface area contributed by atoms with Crippen LogP contribution in [-0.2, 0) is 6.54 Å². The normalized spacial score (nSPS) is 10.0. The van der Waals surface area contributed by atoms with Gasteiger partial charge in [-0.1, -0.05) is 23.8 Å². The fraction of sp³-hybridized carbons (Fsp3) is 0.250. The van der Waals surface area contributed by atoms with Gasteiger partial charge in [0.25, 0.3) is 0 Å². The van der Waals surface area contributed by atoms with E-state index >= 15 is 0 Å². The van der Waals surface area contributed by atoms with Crippen molar-refractivity contribution in [2.45, 2.75) is 20.4 Å². The number of hydrogen-bond acceptors (Lipinski definition) is 3. The lowest BCUT2D eigenvalue weighted by Gasteiger charge is -2.11. The number of nitrogens with zero attached hydrogens (tertiary/aromatic N) is 1. The zero-order chi connectivity index (χ0) is 15.1. The van der Waals surface area contributed by atoms with Crippen molar-refractivity contribution in [1.82, 2.24) is 15.6 Å². The highest BCUT2D eigenvalue weighted by atomic mass is 16.5. The van der Waals surface area contributed by atoms with Crippen LogP contribution in [0.5, 0.6) is 5.75 Å². The Morgan fingerprint density at radius 1 is 1.24 bits per heavy atom. The molecule has 0 saturated heterocycles. The Morgan fingerprint density at radius 3 is 2.81 bits per heavy atom. The summed E-state index contributed by atoms with van der Waals surface area (Å²) < 4.78 is 5.53. The van der Waals surface area contributed by atoms with Crippen molar-refractivity contribution < 1.29 is 9.53 Å². The molecule has 0 aliphatic rings. The summed E-state index contributed by atoms with van der Waals surface area (Å²) in [6.45, 7) is 4.57. The number of carbonyl (C=O) groups is 1. The summed E-state index contributed by atoms with van der Waals surface area (Å²) in [7, 11) is 0. The fourth-order valence-electron chi connectivity index (χ4n) is 1.89. The van der Waals surface area contributed by atoms with E-state index in [9.17, 15) is 4.79 Å². The molecule has 2 N–H and O–H groups in total. The highest BCUT2D eigenvalue weighted by molar-refractivity contribution is 5.73. The van der Waals surface area contributed by atoms with Gasteiger partial charge in [0.15, 0.2) is 6.73 Å². The molecule has 5 heteroatoms. The first-order valence-corrected chi connectivity index (χ1v) is 6.76. The van der Waals surface area contributed by atoms with Gasteiger partial charge in [0.05, 0.1) is 0 Å². The van der Waals surface area contributed by atoms with Crippen LogP contribution >= 0.6 is 0 Å². The van der Waals surface area contributed by atoms with Crippen molar-refractivity contribution >= 4 is 6.03 Å². The summed E-state index contributed by atoms with van der Waals surface area (Å²) in [5.41, 5.74) is 3.18. The van der Waals surface area contributed by atoms with Gasteiger partial charge in [-0.15, -0.1) is 0 Å². The third kappa shape index (κ3) is 4.80. The van der Waals surface area contributed by atoms with E-state index in [-0.39, 0.29) is 12.8 Å². The maximum atomic E-state index is 11.6. The molecular formula is C16H19N3O2. The molecule has 1 heterocycles. The number of ether oxygens (including phenoxy) is 1. The van der Waals surface area contributed by atoms with Crippen molar-refractivity contribution in [3.8, 4) is 5.75 Å². The van der Waals surface area contributed by atoms with Gasteiger partial charge in [-0.05, 0) is 37.1 Å². The smallest absolute Gasteiger partial charge is 0.317 e. The monoisotopic (exact) mass is 285 g/mol. The summed E-state index contributed by atoms with van der Waals surface area (Å²) in [5.74, 6) is 0.771. The first-order valence-electron chi connectivity index (χ1n) is 6.76. The minimum absolute atomic E-state index is 0.128. The number of amides is 2. The minimum Gasteiger partial charge on any atom is -0.473 e. The molecule has 0 atom stereocenters. The summed E-state index contributed by atoms with van der Waals surface area (Å²) in [6.07, 6.45) is 3.41. The molecule has 1 aromatic heterocycles. The lowest BCUT2D eigenvalue weighted by Crippen LogP contribution is -2.37. The lowest BCUT2D eigenvalue weighted by molar-refractivity contribution is 0.223. The molecule has 0 spiro atoms. The summed E-state index contributed by atoms with van der Waals surface area (Å²) in [4.78, 5) is 15.6. The van der Waals surface area contributed by atoms with Gasteiger partial charge in [0.2, 0.25) is 0 Å². The molecular weight excluding hydrogens is 266 g/mol. The number of benzene rings is 1. The highest BCUT2D eigenvalue weighted by Gasteiger charge is 2.02. The fourth-order valence-corrected chi connectivity index (χ4v) is 1.89. The Hall–Kier alpha value is -2.56. The average molecular weight is 285 g/mol. The summed E-state index contributed by atoms with van der Waals surface area (Å²) in [5, 5.41) is 5.39. The number of aromatic nitrogens is 1. The lowest BCUT2D eigenvalue weighted by atomic mass is 10.1. The Morgan fingerprint density at radius 2 is 2.10 bits per heavy atom. The Bertz CT molecular complexity index is 600. The number of urea groups is 1. The van der Waals surface area contributed by atoms with Crippen molar-refractivity contribution in [3.05, 3.63) is 59.4 Å². The predicted molar refractivity (Wildman–Crippen MR) is 81.0 cm³/mol. The third-order valence-corrected chi connectivity index (χ3v) is 2.97. The van der Waals surface area contributed by atoms with E-state index < -0.39 is 0 Å². The van der Waals surface area contributed by atoms with Crippen LogP contribution in [0.3, 0.4) is 0 Å². The second-order valence-electron chi connectivity index (χ2n) is 4.78. The molecule has 2 rings (SSSR count). The molecule has 110 valence electrons. The van der Waals surface area contributed by atoms with E-state index in [4.69, 9.17) is 4.74 Å². The number of aryl methyl sites for hydroxylation is 2. The summed E-state index contributed by atoms with van der Waals surface area (Å²) in [6, 6.07) is 9.38. The van der Waals surface area contributed by atoms with Gasteiger partial charge in [-0.25, -0.2) is 4.79 Å². The average Bonchev–Trinajstić information content (AvgIpc) is 2.48. The molecule has 0 radical (unpaired) electrons. The van der Waals surface area contributed by atoms with Gasteiger partial charge in [-0.2, -0.15) is 0 Å². The number of hydrogen-bond donors (Lipinski definition) is 2. The van der Waals surface area contributed by atoms with Crippen LogP contribution in [0.4, 0.5) is 4.79 Å². The topological polar surface area (TPSA) is 63.2 Å². The van der Waals surface area contributed by atoms with Gasteiger partial charge >= 0.3 is 6.03 Å². The van der Waals surface area contributed by atoms with Crippen LogP contribution in [0.1, 0.15) is 16.7 Å². The van der Waals surface area contributed by atoms with Gasteiger partial charge in [-0.3, -0.25) is 4.98 Å². The van der Waals surface area contributed by atoms with Crippen LogP contribution in [-0.4, -0.2) is 17.7 Å². The van der Waals surface area contributed by atoms with E-state index in [0.717, 1.165) is 16.9 Å². The molecule has 1 aromatic carbocycles. The zero-order valence-corrected chi connectivity index (χ0v) is 12.2. The van der Waals surface area contributed by atoms with E-state index in [1.54, 1.807) is 12.4 Å². The van der Waals surface area contributed by atoms with Crippen molar-refractivity contribution in [3.63, 3.8) is 0 Å². The molecule has 0 saturated carbocycles. The Balaban J connectivity index is 1.72. The first-order chi connectivity index (χ1) is 10.1. The zero-order valence-electron chi connectivity index (χ0n) is 12.2. The number of pyridine rings is 1. The standard InChI is InChI=1S/C16H19N3O2/c1-12-5-6-15(13(2)8-12)21-11-19-16(20)18-10-14-4-3-7-17-9-14/h3-9H,10-11H2,1-2H3,(H2,18,19,20). The van der Waals surface area contributed by atoms with E-state index in [0.29, 0.717) is 6.54 Å². The largest absolute Gasteiger partial charge is 0.473 e. The highest BCUT2D eigenvalue weighted by Crippen LogP contribution is 2.18. The van der Waals surface area contributed by atoms with Crippen LogP contribution in [0.15, 0.2) is 42.7 Å². The second kappa shape index (κ2) is 7.28. The maximum absolute atomic E-state index is 11.6. The molecule has 2 aromatic rings. The Kier molecular flexibility index (Phi) is 5.15. The second-order valence-corrected chi connectivity index (χ2v) is 4.78. The van der Waals surface area contributed by atoms with Gasteiger partial charge in [0.1, 0.15) is 5.75 Å². The van der Waals surface area contributed by atoms with Gasteiger partial charge < -0.3 is 15.4 Å². The van der Waals surface area contributed by atoms with Crippen LogP contribution in [0, 0.1) is 13.8 Å². The van der Waals surface area contributed by atoms with E-state index in [2.05, 4.69) is 15.6 Å². The van der Waals surface area contributed by atoms with Gasteiger partial charge in [0, 0.05) is 18.9 Å². The molecule has 21 heavy (non-hydrogen) atoms. The quantitative estimate of drug-likeness (QED) is 0.830. The van der Waals surface area contributed by atoms with E-state index in [1.807, 2.05) is 44.2 Å². The molecule has 0 unspecified atom stereocenters. The third-order valence-electron chi connectivity index (χ3n) is 2.97. The predicted octanol–water partition coefficient (Wildman–Crippen LogP) is 2.53. The molecule has 0 aliphatic heterocycles. The van der Waals surface area contributed by atoms with Crippen LogP contribution in [0.2, 0.25) is 0 Å². The molecule has 0 bridgehead atoms.